The van der Waals surface area contributed by atoms with Crippen molar-refractivity contribution in [1.29, 1.82) is 0 Å². The van der Waals surface area contributed by atoms with Crippen LogP contribution in [0.25, 0.3) is 33.1 Å². The number of carboxylic acids is 1. The number of aryl methyl sites for hydroxylation is 1. The van der Waals surface area contributed by atoms with Crippen LogP contribution < -0.4 is 0 Å². The van der Waals surface area contributed by atoms with Crippen molar-refractivity contribution in [3.05, 3.63) is 47.8 Å². The Morgan fingerprint density at radius 3 is 2.71 bits per heavy atom. The van der Waals surface area contributed by atoms with Gasteiger partial charge >= 0.3 is 5.97 Å². The molecule has 1 unspecified atom stereocenters. The minimum atomic E-state index is -0.982. The Bertz CT molecular complexity index is 1130. The van der Waals surface area contributed by atoms with Crippen molar-refractivity contribution in [3.63, 3.8) is 0 Å². The normalized spacial score (nSPS) is 13.0. The Kier molecular flexibility index (Phi) is 3.03. The molecule has 5 nitrogen and oxygen atoms in total. The minimum absolute atomic E-state index is 0.393. The van der Waals surface area contributed by atoms with Gasteiger partial charge in [0, 0.05) is 5.39 Å². The van der Waals surface area contributed by atoms with Gasteiger partial charge in [-0.1, -0.05) is 6.07 Å². The fourth-order valence-electron chi connectivity index (χ4n) is 3.03. The lowest BCUT2D eigenvalue weighted by Crippen LogP contribution is -2.15. The molecule has 2 heterocycles. The molecule has 2 aromatic carbocycles. The third-order valence-corrected chi connectivity index (χ3v) is 4.25. The Balaban J connectivity index is 2.22. The molecular weight excluding hydrogens is 309 g/mol. The van der Waals surface area contributed by atoms with E-state index in [4.69, 9.17) is 0 Å². The average Bonchev–Trinajstić information content (AvgIpc) is 2.84. The van der Waals surface area contributed by atoms with Crippen molar-refractivity contribution < 1.29 is 14.3 Å². The highest BCUT2D eigenvalue weighted by Gasteiger charge is 2.22. The van der Waals surface area contributed by atoms with Crippen molar-refractivity contribution in [2.45, 2.75) is 19.9 Å². The Morgan fingerprint density at radius 1 is 1.17 bits per heavy atom. The van der Waals surface area contributed by atoms with E-state index < -0.39 is 17.8 Å². The zero-order chi connectivity index (χ0) is 17.0. The van der Waals surface area contributed by atoms with E-state index in [0.29, 0.717) is 33.1 Å². The summed E-state index contributed by atoms with van der Waals surface area (Å²) in [6, 6.07) is 9.11. The zero-order valence-electron chi connectivity index (χ0n) is 13.1. The number of benzene rings is 2. The number of hydrogen-bond donors (Lipinski definition) is 1. The van der Waals surface area contributed by atoms with E-state index >= 15 is 0 Å². The van der Waals surface area contributed by atoms with Crippen molar-refractivity contribution in [2.75, 3.05) is 0 Å². The van der Waals surface area contributed by atoms with E-state index in [9.17, 15) is 14.3 Å². The van der Waals surface area contributed by atoms with Gasteiger partial charge in [-0.25, -0.2) is 19.2 Å². The fraction of sp³-hybridized carbons (Fsp3) is 0.167. The van der Waals surface area contributed by atoms with Crippen LogP contribution in [0.3, 0.4) is 0 Å². The summed E-state index contributed by atoms with van der Waals surface area (Å²) in [4.78, 5) is 20.8. The van der Waals surface area contributed by atoms with Gasteiger partial charge in [0.25, 0.3) is 0 Å². The second kappa shape index (κ2) is 4.99. The Labute approximate surface area is 136 Å². The smallest absolute Gasteiger partial charge is 0.326 e. The molecule has 1 atom stereocenters. The summed E-state index contributed by atoms with van der Waals surface area (Å²) in [5, 5.41) is 10.0. The minimum Gasteiger partial charge on any atom is -0.480 e. The molecule has 0 aliphatic rings. The molecule has 4 rings (SSSR count). The number of rotatable bonds is 2. The molecule has 0 amide bonds. The second-order valence-corrected chi connectivity index (χ2v) is 5.93. The van der Waals surface area contributed by atoms with E-state index in [1.165, 1.54) is 12.1 Å². The van der Waals surface area contributed by atoms with Crippen molar-refractivity contribution in [1.82, 2.24) is 14.5 Å². The molecule has 2 aromatic heterocycles. The van der Waals surface area contributed by atoms with E-state index in [2.05, 4.69) is 9.97 Å². The number of fused-ring (bicyclic) bond motifs is 4. The lowest BCUT2D eigenvalue weighted by molar-refractivity contribution is -0.140. The van der Waals surface area contributed by atoms with Crippen LogP contribution in [0.1, 0.15) is 18.5 Å². The summed E-state index contributed by atoms with van der Waals surface area (Å²) >= 11 is 0. The molecule has 120 valence electrons. The maximum Gasteiger partial charge on any atom is 0.326 e. The van der Waals surface area contributed by atoms with Crippen molar-refractivity contribution in [3.8, 4) is 0 Å². The number of aliphatic carboxylic acids is 1. The van der Waals surface area contributed by atoms with E-state index in [-0.39, 0.29) is 0 Å². The molecule has 0 saturated carbocycles. The topological polar surface area (TPSA) is 68.0 Å². The van der Waals surface area contributed by atoms with Crippen LogP contribution in [0, 0.1) is 12.7 Å². The molecule has 0 fully saturated rings. The standard InChI is InChI=1S/C18H14FN3O2/c1-9-3-5-13-14(7-9)21-17-16(20-13)12-8-11(19)4-6-15(12)22(17)10(2)18(23)24/h3-8,10H,1-2H3,(H,23,24). The van der Waals surface area contributed by atoms with Crippen LogP contribution in [0.2, 0.25) is 0 Å². The monoisotopic (exact) mass is 323 g/mol. The van der Waals surface area contributed by atoms with Crippen molar-refractivity contribution >= 4 is 39.1 Å². The van der Waals surface area contributed by atoms with Crippen LogP contribution >= 0.6 is 0 Å². The van der Waals surface area contributed by atoms with E-state index in [1.54, 1.807) is 17.6 Å². The van der Waals surface area contributed by atoms with Gasteiger partial charge in [-0.15, -0.1) is 0 Å². The number of nitrogens with zero attached hydrogens (tertiary/aromatic N) is 3. The first kappa shape index (κ1) is 14.6. The number of hydrogen-bond acceptors (Lipinski definition) is 3. The number of aromatic nitrogens is 3. The molecule has 0 aliphatic carbocycles. The molecule has 0 aliphatic heterocycles. The first-order valence-corrected chi connectivity index (χ1v) is 7.56. The summed E-state index contributed by atoms with van der Waals surface area (Å²) in [5.41, 5.74) is 3.98. The molecule has 1 N–H and O–H groups in total. The highest BCUT2D eigenvalue weighted by atomic mass is 19.1. The molecular formula is C18H14FN3O2. The number of carbonyl (C=O) groups is 1. The lowest BCUT2D eigenvalue weighted by Gasteiger charge is -2.11. The van der Waals surface area contributed by atoms with Crippen LogP contribution in [-0.4, -0.2) is 25.6 Å². The van der Waals surface area contributed by atoms with Crippen LogP contribution in [0.4, 0.5) is 4.39 Å². The largest absolute Gasteiger partial charge is 0.480 e. The first-order chi connectivity index (χ1) is 11.5. The van der Waals surface area contributed by atoms with Crippen LogP contribution in [-0.2, 0) is 4.79 Å². The van der Waals surface area contributed by atoms with Gasteiger partial charge in [-0.2, -0.15) is 0 Å². The van der Waals surface area contributed by atoms with Gasteiger partial charge in [-0.05, 0) is 49.7 Å². The molecule has 4 aromatic rings. The maximum atomic E-state index is 13.7. The highest BCUT2D eigenvalue weighted by molar-refractivity contribution is 6.07. The summed E-state index contributed by atoms with van der Waals surface area (Å²) in [6.07, 6.45) is 0. The van der Waals surface area contributed by atoms with Gasteiger partial charge < -0.3 is 9.67 Å². The molecule has 0 bridgehead atoms. The second-order valence-electron chi connectivity index (χ2n) is 5.93. The van der Waals surface area contributed by atoms with Gasteiger partial charge in [0.15, 0.2) is 5.65 Å². The number of carboxylic acid groups (broad SMARTS) is 1. The van der Waals surface area contributed by atoms with Gasteiger partial charge in [-0.3, -0.25) is 0 Å². The van der Waals surface area contributed by atoms with Gasteiger partial charge in [0.2, 0.25) is 0 Å². The van der Waals surface area contributed by atoms with Crippen LogP contribution in [0.5, 0.6) is 0 Å². The van der Waals surface area contributed by atoms with Crippen LogP contribution in [0.15, 0.2) is 36.4 Å². The zero-order valence-corrected chi connectivity index (χ0v) is 13.1. The third-order valence-electron chi connectivity index (χ3n) is 4.25. The predicted octanol–water partition coefficient (Wildman–Crippen LogP) is 3.83. The SMILES string of the molecule is Cc1ccc2nc3c4cc(F)ccc4n(C(C)C(=O)O)c3nc2c1. The van der Waals surface area contributed by atoms with Gasteiger partial charge in [0.05, 0.1) is 16.6 Å². The maximum absolute atomic E-state index is 13.7. The van der Waals surface area contributed by atoms with Crippen molar-refractivity contribution in [2.24, 2.45) is 0 Å². The quantitative estimate of drug-likeness (QED) is 0.609. The number of halogens is 1. The average molecular weight is 323 g/mol. The predicted molar refractivity (Wildman–Crippen MR) is 89.6 cm³/mol. The highest BCUT2D eigenvalue weighted by Crippen LogP contribution is 2.31. The molecule has 0 saturated heterocycles. The third kappa shape index (κ3) is 2.03. The van der Waals surface area contributed by atoms with E-state index in [1.807, 2.05) is 25.1 Å². The molecule has 24 heavy (non-hydrogen) atoms. The summed E-state index contributed by atoms with van der Waals surface area (Å²) in [5.74, 6) is -1.38. The Hall–Kier alpha value is -3.02. The lowest BCUT2D eigenvalue weighted by atomic mass is 10.2. The molecule has 6 heteroatoms. The molecule has 0 radical (unpaired) electrons. The summed E-state index contributed by atoms with van der Waals surface area (Å²) < 4.78 is 15.3. The summed E-state index contributed by atoms with van der Waals surface area (Å²) in [6.45, 7) is 3.53. The Morgan fingerprint density at radius 2 is 1.96 bits per heavy atom. The summed E-state index contributed by atoms with van der Waals surface area (Å²) in [7, 11) is 0. The van der Waals surface area contributed by atoms with E-state index in [0.717, 1.165) is 5.56 Å². The fourth-order valence-corrected chi connectivity index (χ4v) is 3.03. The molecule has 0 spiro atoms. The first-order valence-electron chi connectivity index (χ1n) is 7.56. The van der Waals surface area contributed by atoms with Gasteiger partial charge in [0.1, 0.15) is 17.4 Å².